The minimum atomic E-state index is -0.728. The highest BCUT2D eigenvalue weighted by Gasteiger charge is 2.31. The van der Waals surface area contributed by atoms with Crippen molar-refractivity contribution in [1.82, 2.24) is 15.2 Å². The summed E-state index contributed by atoms with van der Waals surface area (Å²) >= 11 is 5.88. The summed E-state index contributed by atoms with van der Waals surface area (Å²) in [6.07, 6.45) is 1.45. The Balaban J connectivity index is 2.13. The molecule has 1 unspecified atom stereocenters. The maximum absolute atomic E-state index is 10.5. The Morgan fingerprint density at radius 1 is 1.40 bits per heavy atom. The lowest BCUT2D eigenvalue weighted by atomic mass is 9.77. The fourth-order valence-corrected chi connectivity index (χ4v) is 2.31. The number of rotatable bonds is 5. The molecule has 0 bridgehead atoms. The highest BCUT2D eigenvalue weighted by molar-refractivity contribution is 6.30. The van der Waals surface area contributed by atoms with E-state index in [1.165, 1.54) is 6.33 Å². The molecule has 1 atom stereocenters. The second kappa shape index (κ2) is 5.77. The van der Waals surface area contributed by atoms with Gasteiger partial charge in [0, 0.05) is 10.6 Å². The molecule has 0 amide bonds. The average molecular weight is 292 g/mol. The van der Waals surface area contributed by atoms with Gasteiger partial charge >= 0.3 is 0 Å². The van der Waals surface area contributed by atoms with E-state index in [0.29, 0.717) is 22.8 Å². The molecular formula is C15H18ClN3O. The fourth-order valence-electron chi connectivity index (χ4n) is 2.18. The Bertz CT molecular complexity index is 576. The van der Waals surface area contributed by atoms with Crippen LogP contribution in [0.3, 0.4) is 0 Å². The minimum absolute atomic E-state index is 0.383. The van der Waals surface area contributed by atoms with Crippen LogP contribution in [0, 0.1) is 5.41 Å². The highest BCUT2D eigenvalue weighted by Crippen LogP contribution is 2.32. The Morgan fingerprint density at radius 2 is 2.05 bits per heavy atom. The van der Waals surface area contributed by atoms with Crippen LogP contribution in [0.25, 0.3) is 5.57 Å². The zero-order valence-corrected chi connectivity index (χ0v) is 12.4. The van der Waals surface area contributed by atoms with Gasteiger partial charge in [-0.15, -0.1) is 0 Å². The van der Waals surface area contributed by atoms with Crippen LogP contribution in [0.5, 0.6) is 0 Å². The Morgan fingerprint density at radius 3 is 2.60 bits per heavy atom. The van der Waals surface area contributed by atoms with Crippen molar-refractivity contribution in [2.24, 2.45) is 5.41 Å². The number of nitrogens with one attached hydrogen (secondary N) is 1. The van der Waals surface area contributed by atoms with Crippen molar-refractivity contribution in [2.45, 2.75) is 26.4 Å². The second-order valence-corrected chi connectivity index (χ2v) is 5.98. The smallest absolute Gasteiger partial charge is 0.178 e. The number of halogens is 1. The molecule has 2 rings (SSSR count). The quantitative estimate of drug-likeness (QED) is 0.890. The lowest BCUT2D eigenvalue weighted by molar-refractivity contribution is 0.0989. The molecule has 0 saturated carbocycles. The molecule has 5 heteroatoms. The number of aliphatic hydroxyl groups excluding tert-OH is 1. The summed E-state index contributed by atoms with van der Waals surface area (Å²) in [5, 5.41) is 17.8. The van der Waals surface area contributed by atoms with Crippen LogP contribution < -0.4 is 0 Å². The van der Waals surface area contributed by atoms with Gasteiger partial charge in [0.25, 0.3) is 0 Å². The number of benzene rings is 1. The normalized spacial score (nSPS) is 13.2. The van der Waals surface area contributed by atoms with E-state index in [9.17, 15) is 5.11 Å². The van der Waals surface area contributed by atoms with Gasteiger partial charge in [-0.1, -0.05) is 44.2 Å². The van der Waals surface area contributed by atoms with Crippen LogP contribution in [-0.4, -0.2) is 26.4 Å². The third kappa shape index (κ3) is 3.26. The molecule has 1 aromatic heterocycles. The molecule has 1 heterocycles. The van der Waals surface area contributed by atoms with Gasteiger partial charge in [-0.25, -0.2) is 4.98 Å². The van der Waals surface area contributed by atoms with Gasteiger partial charge < -0.3 is 5.11 Å². The van der Waals surface area contributed by atoms with Crippen molar-refractivity contribution in [3.05, 3.63) is 53.6 Å². The predicted octanol–water partition coefficient (Wildman–Crippen LogP) is 3.10. The van der Waals surface area contributed by atoms with Crippen molar-refractivity contribution in [3.8, 4) is 0 Å². The molecule has 0 fully saturated rings. The van der Waals surface area contributed by atoms with Gasteiger partial charge in [0.1, 0.15) is 6.33 Å². The van der Waals surface area contributed by atoms with Crippen LogP contribution >= 0.6 is 11.6 Å². The molecule has 106 valence electrons. The second-order valence-electron chi connectivity index (χ2n) is 5.54. The van der Waals surface area contributed by atoms with Crippen LogP contribution in [0.4, 0.5) is 0 Å². The summed E-state index contributed by atoms with van der Waals surface area (Å²) in [5.74, 6) is 0.446. The van der Waals surface area contributed by atoms with E-state index >= 15 is 0 Å². The number of aliphatic hydroxyl groups is 1. The zero-order valence-electron chi connectivity index (χ0n) is 11.6. The molecule has 4 nitrogen and oxygen atoms in total. The summed E-state index contributed by atoms with van der Waals surface area (Å²) in [4.78, 5) is 4.03. The molecule has 0 saturated heterocycles. The first-order valence-electron chi connectivity index (χ1n) is 6.37. The van der Waals surface area contributed by atoms with Gasteiger partial charge in [0.2, 0.25) is 0 Å². The molecule has 0 aliphatic heterocycles. The number of aromatic nitrogens is 3. The SMILES string of the molecule is C=C(c1nc[nH]n1)C(O)C(C)(C)Cc1ccc(Cl)cc1. The lowest BCUT2D eigenvalue weighted by Crippen LogP contribution is -2.32. The van der Waals surface area contributed by atoms with Crippen molar-refractivity contribution >= 4 is 17.2 Å². The van der Waals surface area contributed by atoms with Crippen LogP contribution in [0.15, 0.2) is 37.2 Å². The van der Waals surface area contributed by atoms with E-state index in [0.717, 1.165) is 5.56 Å². The van der Waals surface area contributed by atoms with E-state index in [4.69, 9.17) is 11.6 Å². The van der Waals surface area contributed by atoms with Crippen molar-refractivity contribution < 1.29 is 5.11 Å². The molecule has 0 spiro atoms. The topological polar surface area (TPSA) is 61.8 Å². The first kappa shape index (κ1) is 14.8. The molecule has 0 radical (unpaired) electrons. The minimum Gasteiger partial charge on any atom is -0.388 e. The molecular weight excluding hydrogens is 274 g/mol. The highest BCUT2D eigenvalue weighted by atomic mass is 35.5. The van der Waals surface area contributed by atoms with Gasteiger partial charge in [-0.05, 0) is 29.5 Å². The molecule has 2 N–H and O–H groups in total. The summed E-state index contributed by atoms with van der Waals surface area (Å²) in [7, 11) is 0. The molecule has 0 aliphatic carbocycles. The van der Waals surface area contributed by atoms with Crippen molar-refractivity contribution in [2.75, 3.05) is 0 Å². The Labute approximate surface area is 123 Å². The summed E-state index contributed by atoms with van der Waals surface area (Å²) in [6.45, 7) is 7.88. The Kier molecular flexibility index (Phi) is 4.26. The Hall–Kier alpha value is -1.65. The number of H-pyrrole nitrogens is 1. The maximum atomic E-state index is 10.5. The molecule has 0 aliphatic rings. The van der Waals surface area contributed by atoms with Crippen LogP contribution in [0.2, 0.25) is 5.02 Å². The predicted molar refractivity (Wildman–Crippen MR) is 80.4 cm³/mol. The maximum Gasteiger partial charge on any atom is 0.178 e. The third-order valence-electron chi connectivity index (χ3n) is 3.35. The molecule has 20 heavy (non-hydrogen) atoms. The first-order chi connectivity index (χ1) is 9.40. The molecule has 1 aromatic carbocycles. The van der Waals surface area contributed by atoms with Gasteiger partial charge in [-0.3, -0.25) is 5.10 Å². The summed E-state index contributed by atoms with van der Waals surface area (Å²) in [5.41, 5.74) is 1.25. The number of nitrogens with zero attached hydrogens (tertiary/aromatic N) is 2. The van der Waals surface area contributed by atoms with Crippen molar-refractivity contribution in [3.63, 3.8) is 0 Å². The largest absolute Gasteiger partial charge is 0.388 e. The van der Waals surface area contributed by atoms with Crippen molar-refractivity contribution in [1.29, 1.82) is 0 Å². The van der Waals surface area contributed by atoms with Crippen LogP contribution in [0.1, 0.15) is 25.2 Å². The fraction of sp³-hybridized carbons (Fsp3) is 0.333. The van der Waals surface area contributed by atoms with E-state index in [-0.39, 0.29) is 5.41 Å². The van der Waals surface area contributed by atoms with Gasteiger partial charge in [0.15, 0.2) is 5.82 Å². The third-order valence-corrected chi connectivity index (χ3v) is 3.60. The van der Waals surface area contributed by atoms with Gasteiger partial charge in [0.05, 0.1) is 6.10 Å². The number of hydrogen-bond donors (Lipinski definition) is 2. The summed E-state index contributed by atoms with van der Waals surface area (Å²) < 4.78 is 0. The van der Waals surface area contributed by atoms with E-state index < -0.39 is 6.10 Å². The summed E-state index contributed by atoms with van der Waals surface area (Å²) in [6, 6.07) is 7.63. The van der Waals surface area contributed by atoms with E-state index in [2.05, 4.69) is 21.8 Å². The average Bonchev–Trinajstić information content (AvgIpc) is 2.93. The lowest BCUT2D eigenvalue weighted by Gasteiger charge is -2.31. The molecule has 2 aromatic rings. The van der Waals surface area contributed by atoms with Crippen LogP contribution in [-0.2, 0) is 6.42 Å². The monoisotopic (exact) mass is 291 g/mol. The number of aromatic amines is 1. The van der Waals surface area contributed by atoms with E-state index in [1.807, 2.05) is 38.1 Å². The first-order valence-corrected chi connectivity index (χ1v) is 6.75. The standard InChI is InChI=1S/C15H18ClN3O/c1-10(14-17-9-18-19-14)13(20)15(2,3)8-11-4-6-12(16)7-5-11/h4-7,9,13,20H,1,8H2,2-3H3,(H,17,18,19). The number of hydrogen-bond acceptors (Lipinski definition) is 3. The van der Waals surface area contributed by atoms with Gasteiger partial charge in [-0.2, -0.15) is 5.10 Å². The zero-order chi connectivity index (χ0) is 14.8. The van der Waals surface area contributed by atoms with E-state index in [1.54, 1.807) is 0 Å².